The van der Waals surface area contributed by atoms with E-state index in [2.05, 4.69) is 5.32 Å². The second-order valence-electron chi connectivity index (χ2n) is 4.10. The van der Waals surface area contributed by atoms with Crippen LogP contribution in [0.3, 0.4) is 0 Å². The molecule has 0 aromatic heterocycles. The molecule has 0 radical (unpaired) electrons. The monoisotopic (exact) mass is 275 g/mol. The SMILES string of the molecule is CCC(Cl)CCNC(=O)c1c(F)ccc(C)c1F. The maximum absolute atomic E-state index is 13.6. The number of rotatable bonds is 5. The molecule has 18 heavy (non-hydrogen) atoms. The van der Waals surface area contributed by atoms with Gasteiger partial charge < -0.3 is 5.32 Å². The molecule has 1 aromatic carbocycles. The first-order chi connectivity index (χ1) is 8.47. The van der Waals surface area contributed by atoms with Gasteiger partial charge in [0.1, 0.15) is 17.2 Å². The van der Waals surface area contributed by atoms with E-state index in [0.29, 0.717) is 13.0 Å². The van der Waals surface area contributed by atoms with Crippen LogP contribution in [0.1, 0.15) is 35.7 Å². The summed E-state index contributed by atoms with van der Waals surface area (Å²) in [4.78, 5) is 11.7. The summed E-state index contributed by atoms with van der Waals surface area (Å²) < 4.78 is 27.0. The lowest BCUT2D eigenvalue weighted by atomic mass is 10.1. The first-order valence-corrected chi connectivity index (χ1v) is 6.27. The molecule has 2 nitrogen and oxygen atoms in total. The predicted octanol–water partition coefficient (Wildman–Crippen LogP) is 3.41. The number of aryl methyl sites for hydroxylation is 1. The van der Waals surface area contributed by atoms with Crippen molar-refractivity contribution in [3.8, 4) is 0 Å². The Balaban J connectivity index is 2.70. The van der Waals surface area contributed by atoms with Gasteiger partial charge in [0.15, 0.2) is 0 Å². The quantitative estimate of drug-likeness (QED) is 0.820. The minimum atomic E-state index is -0.853. The summed E-state index contributed by atoms with van der Waals surface area (Å²) in [7, 11) is 0. The standard InChI is InChI=1S/C13H16ClF2NO/c1-3-9(14)6-7-17-13(18)11-10(15)5-4-8(2)12(11)16/h4-5,9H,3,6-7H2,1-2H3,(H,17,18). The largest absolute Gasteiger partial charge is 0.352 e. The van der Waals surface area contributed by atoms with Crippen LogP contribution in [0.5, 0.6) is 0 Å². The summed E-state index contributed by atoms with van der Waals surface area (Å²) in [6.07, 6.45) is 1.35. The Bertz CT molecular complexity index is 437. The molecule has 1 N–H and O–H groups in total. The molecule has 0 saturated carbocycles. The summed E-state index contributed by atoms with van der Waals surface area (Å²) in [6.45, 7) is 3.71. The van der Waals surface area contributed by atoms with E-state index in [9.17, 15) is 13.6 Å². The third-order valence-electron chi connectivity index (χ3n) is 2.70. The van der Waals surface area contributed by atoms with Gasteiger partial charge in [-0.15, -0.1) is 11.6 Å². The van der Waals surface area contributed by atoms with Gasteiger partial charge in [-0.05, 0) is 31.4 Å². The van der Waals surface area contributed by atoms with Crippen LogP contribution in [0.25, 0.3) is 0 Å². The van der Waals surface area contributed by atoms with Crippen LogP contribution in [-0.2, 0) is 0 Å². The number of amides is 1. The number of carbonyl (C=O) groups is 1. The molecule has 0 bridgehead atoms. The van der Waals surface area contributed by atoms with Crippen LogP contribution in [0.2, 0.25) is 0 Å². The van der Waals surface area contributed by atoms with Gasteiger partial charge >= 0.3 is 0 Å². The highest BCUT2D eigenvalue weighted by molar-refractivity contribution is 6.20. The molecule has 0 fully saturated rings. The van der Waals surface area contributed by atoms with Crippen molar-refractivity contribution in [1.82, 2.24) is 5.32 Å². The van der Waals surface area contributed by atoms with Gasteiger partial charge in [0.05, 0.1) is 0 Å². The van der Waals surface area contributed by atoms with Crippen LogP contribution < -0.4 is 5.32 Å². The lowest BCUT2D eigenvalue weighted by Gasteiger charge is -2.10. The van der Waals surface area contributed by atoms with Gasteiger partial charge in [-0.1, -0.05) is 13.0 Å². The molecule has 5 heteroatoms. The number of hydrogen-bond acceptors (Lipinski definition) is 1. The van der Waals surface area contributed by atoms with Gasteiger partial charge in [-0.2, -0.15) is 0 Å². The zero-order valence-corrected chi connectivity index (χ0v) is 11.2. The second kappa shape index (κ2) is 6.69. The summed E-state index contributed by atoms with van der Waals surface area (Å²) in [6, 6.07) is 2.39. The molecule has 0 spiro atoms. The Morgan fingerprint density at radius 2 is 2.11 bits per heavy atom. The summed E-state index contributed by atoms with van der Waals surface area (Å²) in [5.74, 6) is -2.41. The molecule has 100 valence electrons. The lowest BCUT2D eigenvalue weighted by Crippen LogP contribution is -2.28. The smallest absolute Gasteiger partial charge is 0.257 e. The number of halogens is 3. The minimum absolute atomic E-state index is 0.0440. The van der Waals surface area contributed by atoms with Crippen LogP contribution >= 0.6 is 11.6 Å². The average molecular weight is 276 g/mol. The third kappa shape index (κ3) is 3.67. The van der Waals surface area contributed by atoms with Crippen LogP contribution in [-0.4, -0.2) is 17.8 Å². The zero-order chi connectivity index (χ0) is 13.7. The molecule has 0 heterocycles. The van der Waals surface area contributed by atoms with Gasteiger partial charge in [0.25, 0.3) is 5.91 Å². The maximum Gasteiger partial charge on any atom is 0.257 e. The molecule has 1 unspecified atom stereocenters. The minimum Gasteiger partial charge on any atom is -0.352 e. The molecular formula is C13H16ClF2NO. The predicted molar refractivity (Wildman–Crippen MR) is 68.0 cm³/mol. The van der Waals surface area contributed by atoms with Gasteiger partial charge in [0, 0.05) is 11.9 Å². The van der Waals surface area contributed by atoms with Crippen LogP contribution in [0.15, 0.2) is 12.1 Å². The Morgan fingerprint density at radius 1 is 1.44 bits per heavy atom. The molecule has 0 aliphatic carbocycles. The van der Waals surface area contributed by atoms with E-state index in [1.807, 2.05) is 6.92 Å². The maximum atomic E-state index is 13.6. The van der Waals surface area contributed by atoms with Crippen molar-refractivity contribution in [2.45, 2.75) is 32.1 Å². The fraction of sp³-hybridized carbons (Fsp3) is 0.462. The topological polar surface area (TPSA) is 29.1 Å². The molecule has 0 aliphatic rings. The van der Waals surface area contributed by atoms with Crippen molar-refractivity contribution < 1.29 is 13.6 Å². The number of carbonyl (C=O) groups excluding carboxylic acids is 1. The Hall–Kier alpha value is -1.16. The first kappa shape index (κ1) is 14.9. The molecular weight excluding hydrogens is 260 g/mol. The van der Waals surface area contributed by atoms with Crippen molar-refractivity contribution >= 4 is 17.5 Å². The highest BCUT2D eigenvalue weighted by Crippen LogP contribution is 2.16. The Kier molecular flexibility index (Phi) is 5.54. The normalized spacial score (nSPS) is 12.3. The number of alkyl halides is 1. The molecule has 1 atom stereocenters. The first-order valence-electron chi connectivity index (χ1n) is 5.84. The summed E-state index contributed by atoms with van der Waals surface area (Å²) in [5, 5.41) is 2.43. The van der Waals surface area contributed by atoms with E-state index in [4.69, 9.17) is 11.6 Å². The third-order valence-corrected chi connectivity index (χ3v) is 3.22. The highest BCUT2D eigenvalue weighted by Gasteiger charge is 2.18. The van der Waals surface area contributed by atoms with Crippen molar-refractivity contribution in [3.05, 3.63) is 34.9 Å². The van der Waals surface area contributed by atoms with E-state index in [1.165, 1.54) is 13.0 Å². The second-order valence-corrected chi connectivity index (χ2v) is 4.72. The summed E-state index contributed by atoms with van der Waals surface area (Å²) >= 11 is 5.88. The van der Waals surface area contributed by atoms with E-state index in [-0.39, 0.29) is 10.9 Å². The average Bonchev–Trinajstić information content (AvgIpc) is 2.34. The highest BCUT2D eigenvalue weighted by atomic mass is 35.5. The van der Waals surface area contributed by atoms with E-state index < -0.39 is 23.1 Å². The Morgan fingerprint density at radius 3 is 2.72 bits per heavy atom. The molecule has 0 saturated heterocycles. The van der Waals surface area contributed by atoms with Crippen molar-refractivity contribution in [3.63, 3.8) is 0 Å². The lowest BCUT2D eigenvalue weighted by molar-refractivity contribution is 0.0944. The van der Waals surface area contributed by atoms with Crippen LogP contribution in [0.4, 0.5) is 8.78 Å². The van der Waals surface area contributed by atoms with Gasteiger partial charge in [-0.3, -0.25) is 4.79 Å². The number of hydrogen-bond donors (Lipinski definition) is 1. The van der Waals surface area contributed by atoms with E-state index in [0.717, 1.165) is 12.5 Å². The number of benzene rings is 1. The fourth-order valence-electron chi connectivity index (χ4n) is 1.50. The summed E-state index contributed by atoms with van der Waals surface area (Å²) in [5.41, 5.74) is -0.289. The molecule has 1 rings (SSSR count). The number of nitrogens with one attached hydrogen (secondary N) is 1. The van der Waals surface area contributed by atoms with Crippen molar-refractivity contribution in [2.24, 2.45) is 0 Å². The van der Waals surface area contributed by atoms with Gasteiger partial charge in [-0.25, -0.2) is 8.78 Å². The zero-order valence-electron chi connectivity index (χ0n) is 10.4. The van der Waals surface area contributed by atoms with E-state index >= 15 is 0 Å². The van der Waals surface area contributed by atoms with Crippen molar-refractivity contribution in [1.29, 1.82) is 0 Å². The Labute approximate surface area is 110 Å². The molecule has 1 amide bonds. The van der Waals surface area contributed by atoms with Crippen molar-refractivity contribution in [2.75, 3.05) is 6.54 Å². The van der Waals surface area contributed by atoms with Gasteiger partial charge in [0.2, 0.25) is 0 Å². The molecule has 1 aromatic rings. The fourth-order valence-corrected chi connectivity index (χ4v) is 1.61. The molecule has 0 aliphatic heterocycles. The van der Waals surface area contributed by atoms with Crippen LogP contribution in [0, 0.1) is 18.6 Å². The van der Waals surface area contributed by atoms with E-state index in [1.54, 1.807) is 0 Å².